The third-order valence-corrected chi connectivity index (χ3v) is 7.55. The molecule has 7 nitrogen and oxygen atoms in total. The number of piperidine rings is 1. The van der Waals surface area contributed by atoms with Gasteiger partial charge in [-0.05, 0) is 79.3 Å². The second kappa shape index (κ2) is 6.65. The number of aliphatic hydroxyl groups is 1. The van der Waals surface area contributed by atoms with Crippen molar-refractivity contribution in [2.75, 3.05) is 13.1 Å². The minimum atomic E-state index is -1.07. The Labute approximate surface area is 184 Å². The molecule has 1 amide bonds. The van der Waals surface area contributed by atoms with Crippen LogP contribution in [-0.4, -0.2) is 50.7 Å². The zero-order valence-electron chi connectivity index (χ0n) is 17.6. The summed E-state index contributed by atoms with van der Waals surface area (Å²) in [7, 11) is 0. The number of hydrogen-bond donors (Lipinski definition) is 2. The van der Waals surface area contributed by atoms with E-state index in [2.05, 4.69) is 17.1 Å². The SMILES string of the molecule is O=C(O)c1ccc2nc(-c3ccc([C@@H]4CC45CCN(C(=O)C4(O)CC4)CC5)cc3)oc2c1. The molecule has 1 saturated heterocycles. The zero-order valence-corrected chi connectivity index (χ0v) is 17.6. The van der Waals surface area contributed by atoms with Gasteiger partial charge in [-0.25, -0.2) is 9.78 Å². The number of rotatable bonds is 4. The van der Waals surface area contributed by atoms with E-state index in [1.54, 1.807) is 6.07 Å². The number of oxazole rings is 1. The van der Waals surface area contributed by atoms with Crippen molar-refractivity contribution in [3.05, 3.63) is 53.6 Å². The van der Waals surface area contributed by atoms with Crippen molar-refractivity contribution in [1.29, 1.82) is 0 Å². The van der Waals surface area contributed by atoms with Crippen LogP contribution >= 0.6 is 0 Å². The normalized spacial score (nSPS) is 22.8. The van der Waals surface area contributed by atoms with Gasteiger partial charge in [-0.15, -0.1) is 0 Å². The highest BCUT2D eigenvalue weighted by molar-refractivity contribution is 5.92. The third-order valence-electron chi connectivity index (χ3n) is 7.55. The summed E-state index contributed by atoms with van der Waals surface area (Å²) in [5, 5.41) is 19.2. The molecule has 1 aliphatic heterocycles. The van der Waals surface area contributed by atoms with Gasteiger partial charge < -0.3 is 19.5 Å². The van der Waals surface area contributed by atoms with Gasteiger partial charge in [0.2, 0.25) is 5.89 Å². The molecule has 3 fully saturated rings. The van der Waals surface area contributed by atoms with Crippen molar-refractivity contribution >= 4 is 23.0 Å². The molecule has 6 rings (SSSR count). The van der Waals surface area contributed by atoms with Crippen LogP contribution in [0, 0.1) is 5.41 Å². The summed E-state index contributed by atoms with van der Waals surface area (Å²) in [6.45, 7) is 1.47. The van der Waals surface area contributed by atoms with Gasteiger partial charge in [0, 0.05) is 18.7 Å². The smallest absolute Gasteiger partial charge is 0.335 e. The summed E-state index contributed by atoms with van der Waals surface area (Å²) in [6, 6.07) is 12.9. The second-order valence-corrected chi connectivity index (χ2v) is 9.57. The molecule has 2 heterocycles. The molecule has 2 aromatic carbocycles. The number of likely N-dealkylation sites (tertiary alicyclic amines) is 1. The van der Waals surface area contributed by atoms with Gasteiger partial charge in [-0.2, -0.15) is 0 Å². The van der Waals surface area contributed by atoms with E-state index >= 15 is 0 Å². The highest BCUT2D eigenvalue weighted by Gasteiger charge is 2.57. The second-order valence-electron chi connectivity index (χ2n) is 9.57. The van der Waals surface area contributed by atoms with Gasteiger partial charge in [0.15, 0.2) is 5.58 Å². The molecule has 3 aliphatic rings. The number of carbonyl (C=O) groups is 2. The molecule has 3 aromatic rings. The van der Waals surface area contributed by atoms with Crippen LogP contribution in [0.3, 0.4) is 0 Å². The Morgan fingerprint density at radius 1 is 1.03 bits per heavy atom. The number of carboxylic acids is 1. The molecular weight excluding hydrogens is 408 g/mol. The molecule has 0 bridgehead atoms. The van der Waals surface area contributed by atoms with Crippen LogP contribution < -0.4 is 0 Å². The van der Waals surface area contributed by atoms with E-state index in [0.717, 1.165) is 37.9 Å². The van der Waals surface area contributed by atoms with Crippen molar-refractivity contribution in [2.24, 2.45) is 5.41 Å². The van der Waals surface area contributed by atoms with Gasteiger partial charge in [0.25, 0.3) is 5.91 Å². The lowest BCUT2D eigenvalue weighted by molar-refractivity contribution is -0.144. The quantitative estimate of drug-likeness (QED) is 0.650. The van der Waals surface area contributed by atoms with E-state index in [4.69, 9.17) is 9.52 Å². The predicted molar refractivity (Wildman–Crippen MR) is 116 cm³/mol. The Morgan fingerprint density at radius 3 is 2.41 bits per heavy atom. The number of carbonyl (C=O) groups excluding carboxylic acids is 1. The molecule has 32 heavy (non-hydrogen) atoms. The lowest BCUT2D eigenvalue weighted by Gasteiger charge is -2.34. The average molecular weight is 432 g/mol. The molecule has 164 valence electrons. The number of benzene rings is 2. The molecule has 1 aromatic heterocycles. The molecule has 2 N–H and O–H groups in total. The molecule has 1 atom stereocenters. The monoisotopic (exact) mass is 432 g/mol. The van der Waals surface area contributed by atoms with Crippen molar-refractivity contribution < 1.29 is 24.2 Å². The maximum atomic E-state index is 12.4. The third kappa shape index (κ3) is 3.11. The molecular formula is C25H24N2O5. The fraction of sp³-hybridized carbons (Fsp3) is 0.400. The largest absolute Gasteiger partial charge is 0.478 e. The summed E-state index contributed by atoms with van der Waals surface area (Å²) in [4.78, 5) is 29.9. The Kier molecular flexibility index (Phi) is 4.05. The summed E-state index contributed by atoms with van der Waals surface area (Å²) >= 11 is 0. The van der Waals surface area contributed by atoms with E-state index < -0.39 is 11.6 Å². The first-order valence-corrected chi connectivity index (χ1v) is 11.1. The van der Waals surface area contributed by atoms with Gasteiger partial charge in [0.1, 0.15) is 11.1 Å². The molecule has 0 radical (unpaired) electrons. The highest BCUT2D eigenvalue weighted by Crippen LogP contribution is 2.65. The van der Waals surface area contributed by atoms with Crippen LogP contribution in [0.1, 0.15) is 53.9 Å². The van der Waals surface area contributed by atoms with Gasteiger partial charge in [-0.1, -0.05) is 12.1 Å². The van der Waals surface area contributed by atoms with Crippen LogP contribution in [0.2, 0.25) is 0 Å². The molecule has 7 heteroatoms. The van der Waals surface area contributed by atoms with Crippen LogP contribution in [0.15, 0.2) is 46.9 Å². The molecule has 2 saturated carbocycles. The molecule has 1 spiro atoms. The Morgan fingerprint density at radius 2 is 1.75 bits per heavy atom. The molecule has 0 unspecified atom stereocenters. The van der Waals surface area contributed by atoms with Crippen molar-refractivity contribution in [3.63, 3.8) is 0 Å². The van der Waals surface area contributed by atoms with Crippen LogP contribution in [0.4, 0.5) is 0 Å². The minimum Gasteiger partial charge on any atom is -0.478 e. The maximum absolute atomic E-state index is 12.4. The number of amides is 1. The lowest BCUT2D eigenvalue weighted by Crippen LogP contribution is -2.45. The first-order valence-electron chi connectivity index (χ1n) is 11.1. The average Bonchev–Trinajstić information content (AvgIpc) is 3.67. The van der Waals surface area contributed by atoms with Crippen molar-refractivity contribution in [3.8, 4) is 11.5 Å². The van der Waals surface area contributed by atoms with E-state index in [1.807, 2.05) is 17.0 Å². The Balaban J connectivity index is 1.15. The predicted octanol–water partition coefficient (Wildman–Crippen LogP) is 3.81. The van der Waals surface area contributed by atoms with Gasteiger partial charge >= 0.3 is 5.97 Å². The first-order chi connectivity index (χ1) is 15.4. The summed E-state index contributed by atoms with van der Waals surface area (Å²) in [5.41, 5.74) is 2.62. The first kappa shape index (κ1) is 19.5. The van der Waals surface area contributed by atoms with E-state index in [0.29, 0.717) is 35.7 Å². The summed E-state index contributed by atoms with van der Waals surface area (Å²) < 4.78 is 5.81. The Hall–Kier alpha value is -3.19. The van der Waals surface area contributed by atoms with Crippen molar-refractivity contribution in [1.82, 2.24) is 9.88 Å². The number of aromatic nitrogens is 1. The van der Waals surface area contributed by atoms with Crippen molar-refractivity contribution in [2.45, 2.75) is 43.6 Å². The fourth-order valence-electron chi connectivity index (χ4n) is 5.19. The van der Waals surface area contributed by atoms with Crippen LogP contribution in [-0.2, 0) is 4.79 Å². The van der Waals surface area contributed by atoms with E-state index in [9.17, 15) is 14.7 Å². The topological polar surface area (TPSA) is 104 Å². The van der Waals surface area contributed by atoms with Crippen LogP contribution in [0.5, 0.6) is 0 Å². The zero-order chi connectivity index (χ0) is 22.1. The van der Waals surface area contributed by atoms with E-state index in [1.165, 1.54) is 17.7 Å². The summed E-state index contributed by atoms with van der Waals surface area (Å²) in [5.74, 6) is -0.0992. The highest BCUT2D eigenvalue weighted by atomic mass is 16.4. The van der Waals surface area contributed by atoms with Gasteiger partial charge in [0.05, 0.1) is 5.56 Å². The number of carboxylic acid groups (broad SMARTS) is 1. The van der Waals surface area contributed by atoms with E-state index in [-0.39, 0.29) is 16.9 Å². The number of aromatic carboxylic acids is 1. The number of nitrogens with zero attached hydrogens (tertiary/aromatic N) is 2. The number of hydrogen-bond acceptors (Lipinski definition) is 5. The van der Waals surface area contributed by atoms with Gasteiger partial charge in [-0.3, -0.25) is 4.79 Å². The fourth-order valence-corrected chi connectivity index (χ4v) is 5.19. The molecule has 2 aliphatic carbocycles. The van der Waals surface area contributed by atoms with Crippen LogP contribution in [0.25, 0.3) is 22.6 Å². The lowest BCUT2D eigenvalue weighted by atomic mass is 9.88. The Bertz CT molecular complexity index is 1230. The summed E-state index contributed by atoms with van der Waals surface area (Å²) in [6.07, 6.45) is 4.31. The number of fused-ring (bicyclic) bond motifs is 1. The standard InChI is InChI=1S/C25H24N2O5/c28-22(29)17-5-6-19-20(13-17)32-21(26-19)16-3-1-15(2-4-16)18-14-24(18)9-11-27(12-10-24)23(30)25(31)7-8-25/h1-6,13,18,31H,7-12,14H2,(H,28,29)/t18-/m0/s1. The maximum Gasteiger partial charge on any atom is 0.335 e. The minimum absolute atomic E-state index is 0.0808.